The third-order valence-electron chi connectivity index (χ3n) is 6.86. The van der Waals surface area contributed by atoms with Gasteiger partial charge >= 0.3 is 5.69 Å². The number of fused-ring (bicyclic) bond motifs is 1. The van der Waals surface area contributed by atoms with Gasteiger partial charge in [-0.05, 0) is 42.7 Å². The van der Waals surface area contributed by atoms with Crippen molar-refractivity contribution in [3.05, 3.63) is 93.2 Å². The molecule has 3 heterocycles. The first-order valence-corrected chi connectivity index (χ1v) is 14.6. The normalized spacial score (nSPS) is 11.8. The van der Waals surface area contributed by atoms with Crippen molar-refractivity contribution in [2.75, 3.05) is 11.8 Å². The van der Waals surface area contributed by atoms with Crippen LogP contribution < -0.4 is 15.1 Å². The van der Waals surface area contributed by atoms with Crippen molar-refractivity contribution >= 4 is 26.9 Å². The molecule has 0 aliphatic heterocycles. The molecular formula is C29H21F6N5O5S. The molecule has 2 N–H and O–H groups in total. The number of ether oxygens (including phenoxy) is 1. The largest absolute Gasteiger partial charge is 0.507 e. The van der Waals surface area contributed by atoms with Crippen LogP contribution in [0.3, 0.4) is 0 Å². The van der Waals surface area contributed by atoms with Gasteiger partial charge in [-0.1, -0.05) is 19.9 Å². The van der Waals surface area contributed by atoms with E-state index >= 15 is 4.39 Å². The molecule has 2 aromatic carbocycles. The van der Waals surface area contributed by atoms with Crippen LogP contribution in [0.25, 0.3) is 28.0 Å². The number of phenols is 1. The van der Waals surface area contributed by atoms with Gasteiger partial charge in [0.25, 0.3) is 10.0 Å². The average Bonchev–Trinajstić information content (AvgIpc) is 2.98. The van der Waals surface area contributed by atoms with E-state index in [4.69, 9.17) is 0 Å². The monoisotopic (exact) mass is 665 g/mol. The Morgan fingerprint density at radius 1 is 0.957 bits per heavy atom. The number of hydrogen-bond donors (Lipinski definition) is 2. The lowest BCUT2D eigenvalue weighted by Gasteiger charge is -2.20. The van der Waals surface area contributed by atoms with Gasteiger partial charge < -0.3 is 9.84 Å². The predicted octanol–water partition coefficient (Wildman–Crippen LogP) is 5.62. The fourth-order valence-corrected chi connectivity index (χ4v) is 6.05. The van der Waals surface area contributed by atoms with E-state index in [2.05, 4.69) is 19.7 Å². The maximum absolute atomic E-state index is 15.7. The van der Waals surface area contributed by atoms with Gasteiger partial charge in [-0.15, -0.1) is 0 Å². The number of benzene rings is 2. The highest BCUT2D eigenvalue weighted by molar-refractivity contribution is 7.92. The number of halogens is 6. The van der Waals surface area contributed by atoms with Crippen LogP contribution in [0.1, 0.15) is 31.0 Å². The predicted molar refractivity (Wildman–Crippen MR) is 152 cm³/mol. The number of aromatic hydroxyl groups is 1. The maximum Gasteiger partial charge on any atom is 0.355 e. The van der Waals surface area contributed by atoms with Crippen LogP contribution in [-0.2, 0) is 10.0 Å². The quantitative estimate of drug-likeness (QED) is 0.130. The van der Waals surface area contributed by atoms with Crippen LogP contribution in [0.2, 0.25) is 0 Å². The van der Waals surface area contributed by atoms with Crippen LogP contribution in [0, 0.1) is 41.8 Å². The number of nitrogens with zero attached hydrogens (tertiary/aromatic N) is 4. The van der Waals surface area contributed by atoms with E-state index < -0.39 is 95.1 Å². The summed E-state index contributed by atoms with van der Waals surface area (Å²) in [5, 5.41) is 9.77. The highest BCUT2D eigenvalue weighted by atomic mass is 32.2. The second kappa shape index (κ2) is 11.6. The highest BCUT2D eigenvalue weighted by Gasteiger charge is 2.35. The molecule has 3 aromatic heterocycles. The van der Waals surface area contributed by atoms with E-state index in [1.54, 1.807) is 25.5 Å². The minimum atomic E-state index is -5.52. The number of methoxy groups -OCH3 is 1. The van der Waals surface area contributed by atoms with Crippen molar-refractivity contribution in [2.45, 2.75) is 31.6 Å². The molecule has 0 bridgehead atoms. The molecule has 0 unspecified atom stereocenters. The number of aromatic nitrogens is 4. The van der Waals surface area contributed by atoms with E-state index in [9.17, 15) is 40.3 Å². The second-order valence-electron chi connectivity index (χ2n) is 10.1. The van der Waals surface area contributed by atoms with Gasteiger partial charge in [-0.2, -0.15) is 9.37 Å². The van der Waals surface area contributed by atoms with Gasteiger partial charge in [0, 0.05) is 6.20 Å². The highest BCUT2D eigenvalue weighted by Crippen LogP contribution is 2.38. The molecule has 0 saturated heterocycles. The second-order valence-corrected chi connectivity index (χ2v) is 11.8. The number of anilines is 1. The number of nitrogens with one attached hydrogen (secondary N) is 1. The van der Waals surface area contributed by atoms with Gasteiger partial charge in [0.2, 0.25) is 11.6 Å². The summed E-state index contributed by atoms with van der Waals surface area (Å²) in [4.78, 5) is 24.0. The average molecular weight is 666 g/mol. The zero-order chi connectivity index (χ0) is 33.8. The summed E-state index contributed by atoms with van der Waals surface area (Å²) in [6.07, 6.45) is 1.45. The third kappa shape index (κ3) is 5.15. The third-order valence-corrected chi connectivity index (χ3v) is 8.23. The Morgan fingerprint density at radius 3 is 2.26 bits per heavy atom. The van der Waals surface area contributed by atoms with Crippen molar-refractivity contribution in [3.63, 3.8) is 0 Å². The smallest absolute Gasteiger partial charge is 0.355 e. The lowest BCUT2D eigenvalue weighted by Crippen LogP contribution is -2.28. The standard InChI is InChI=1S/C29H21F6N5O5S/c1-11(2)22-24(12(3)8-9-36-22)40-28-13(10-15(31)23(37-28)17-14(30)6-5-7-16(17)41)27(38-29(40)42)39-46(43,44)26-21(35)19(33)18(32)20(34)25(26)45-4/h5-11,41H,1-4H3,(H,38,39,42). The topological polar surface area (TPSA) is 136 Å². The van der Waals surface area contributed by atoms with Crippen molar-refractivity contribution in [3.8, 4) is 28.4 Å². The fourth-order valence-electron chi connectivity index (χ4n) is 4.80. The fraction of sp³-hybridized carbons (Fsp3) is 0.172. The summed E-state index contributed by atoms with van der Waals surface area (Å²) >= 11 is 0. The van der Waals surface area contributed by atoms with E-state index in [0.717, 1.165) is 22.8 Å². The van der Waals surface area contributed by atoms with Crippen LogP contribution in [0.15, 0.2) is 46.2 Å². The van der Waals surface area contributed by atoms with Crippen molar-refractivity contribution in [1.82, 2.24) is 19.5 Å². The van der Waals surface area contributed by atoms with E-state index in [0.29, 0.717) is 24.4 Å². The molecule has 240 valence electrons. The molecule has 0 aliphatic carbocycles. The van der Waals surface area contributed by atoms with Crippen molar-refractivity contribution < 1.29 is 44.6 Å². The number of rotatable bonds is 7. The molecule has 0 saturated carbocycles. The minimum Gasteiger partial charge on any atom is -0.507 e. The van der Waals surface area contributed by atoms with Crippen molar-refractivity contribution in [1.29, 1.82) is 0 Å². The summed E-state index contributed by atoms with van der Waals surface area (Å²) in [5.74, 6) is -15.4. The molecule has 46 heavy (non-hydrogen) atoms. The van der Waals surface area contributed by atoms with Crippen LogP contribution >= 0.6 is 0 Å². The van der Waals surface area contributed by atoms with E-state index in [-0.39, 0.29) is 11.6 Å². The minimum absolute atomic E-state index is 0.104. The Kier molecular flexibility index (Phi) is 8.14. The van der Waals surface area contributed by atoms with E-state index in [1.807, 2.05) is 0 Å². The van der Waals surface area contributed by atoms with Gasteiger partial charge in [0.1, 0.15) is 17.3 Å². The molecule has 5 aromatic rings. The molecule has 0 fully saturated rings. The summed E-state index contributed by atoms with van der Waals surface area (Å²) in [5.41, 5.74) is -2.43. The number of pyridine rings is 2. The van der Waals surface area contributed by atoms with Crippen LogP contribution in [-0.4, -0.2) is 40.2 Å². The molecule has 0 aliphatic rings. The van der Waals surface area contributed by atoms with Crippen LogP contribution in [0.4, 0.5) is 32.2 Å². The SMILES string of the molecule is COc1c(F)c(F)c(F)c(F)c1S(=O)(=O)Nc1nc(=O)n(-c2c(C)ccnc2C(C)C)c2nc(-c3c(O)cccc3F)c(F)cc12. The lowest BCUT2D eigenvalue weighted by molar-refractivity contribution is 0.328. The number of phenolic OH excluding ortho intramolecular Hbond substituents is 1. The maximum atomic E-state index is 15.7. The Labute approximate surface area is 256 Å². The Hall–Kier alpha value is -5.19. The summed E-state index contributed by atoms with van der Waals surface area (Å²) in [7, 11) is -4.87. The molecule has 0 spiro atoms. The lowest BCUT2D eigenvalue weighted by atomic mass is 10.0. The number of hydrogen-bond acceptors (Lipinski definition) is 8. The Morgan fingerprint density at radius 2 is 1.63 bits per heavy atom. The van der Waals surface area contributed by atoms with Gasteiger partial charge in [0.05, 0.1) is 29.4 Å². The van der Waals surface area contributed by atoms with Crippen LogP contribution in [0.5, 0.6) is 11.5 Å². The van der Waals surface area contributed by atoms with Gasteiger partial charge in [0.15, 0.2) is 39.6 Å². The molecule has 5 rings (SSSR count). The molecule has 0 amide bonds. The first kappa shape index (κ1) is 32.2. The van der Waals surface area contributed by atoms with E-state index in [1.165, 1.54) is 12.3 Å². The summed E-state index contributed by atoms with van der Waals surface area (Å²) in [6, 6.07) is 5.22. The summed E-state index contributed by atoms with van der Waals surface area (Å²) in [6.45, 7) is 5.08. The Balaban J connectivity index is 1.89. The Bertz CT molecular complexity index is 2230. The first-order valence-electron chi connectivity index (χ1n) is 13.1. The van der Waals surface area contributed by atoms with Gasteiger partial charge in [-0.25, -0.2) is 44.7 Å². The molecular weight excluding hydrogens is 644 g/mol. The summed E-state index contributed by atoms with van der Waals surface area (Å²) < 4.78 is 121. The molecule has 10 nitrogen and oxygen atoms in total. The first-order chi connectivity index (χ1) is 21.6. The zero-order valence-electron chi connectivity index (χ0n) is 24.1. The number of sulfonamides is 1. The van der Waals surface area contributed by atoms with Gasteiger partial charge in [-0.3, -0.25) is 9.71 Å². The molecule has 17 heteroatoms. The zero-order valence-corrected chi connectivity index (χ0v) is 24.9. The number of aryl methyl sites for hydroxylation is 1. The molecule has 0 atom stereocenters. The van der Waals surface area contributed by atoms with Crippen molar-refractivity contribution in [2.24, 2.45) is 0 Å². The molecule has 0 radical (unpaired) electrons.